The lowest BCUT2D eigenvalue weighted by atomic mass is 9.79. The topological polar surface area (TPSA) is 45.1 Å². The number of nitrogens with zero attached hydrogens (tertiary/aromatic N) is 1. The van der Waals surface area contributed by atoms with E-state index in [2.05, 4.69) is 23.3 Å². The van der Waals surface area contributed by atoms with E-state index in [1.54, 1.807) is 0 Å². The second kappa shape index (κ2) is 5.41. The number of hydrogen-bond donors (Lipinski definition) is 2. The average Bonchev–Trinajstić information content (AvgIpc) is 2.49. The Kier molecular flexibility index (Phi) is 3.62. The standard InChI is InChI=1S/C17H22N2O/c1-13-6-9-17(20,10-7-13)12-19-16-8-11-18-15-5-3-2-4-14(15)16/h2-5,8,11,13,20H,6-7,9-10,12H2,1H3,(H,18,19). The summed E-state index contributed by atoms with van der Waals surface area (Å²) in [5.41, 5.74) is 1.49. The fourth-order valence-corrected chi connectivity index (χ4v) is 2.99. The van der Waals surface area contributed by atoms with Gasteiger partial charge in [-0.05, 0) is 43.7 Å². The normalized spacial score (nSPS) is 26.6. The fraction of sp³-hybridized carbons (Fsp3) is 0.471. The molecular weight excluding hydrogens is 248 g/mol. The maximum Gasteiger partial charge on any atom is 0.0819 e. The molecule has 0 bridgehead atoms. The molecule has 2 N–H and O–H groups in total. The van der Waals surface area contributed by atoms with Gasteiger partial charge in [-0.2, -0.15) is 0 Å². The van der Waals surface area contributed by atoms with Crippen LogP contribution in [0.15, 0.2) is 36.5 Å². The molecule has 0 atom stereocenters. The van der Waals surface area contributed by atoms with Gasteiger partial charge in [-0.1, -0.05) is 25.1 Å². The minimum absolute atomic E-state index is 0.559. The first-order chi connectivity index (χ1) is 9.66. The molecule has 0 aliphatic heterocycles. The quantitative estimate of drug-likeness (QED) is 0.896. The van der Waals surface area contributed by atoms with Gasteiger partial charge in [0, 0.05) is 23.8 Å². The van der Waals surface area contributed by atoms with E-state index in [0.717, 1.165) is 48.2 Å². The molecule has 0 radical (unpaired) electrons. The van der Waals surface area contributed by atoms with Crippen molar-refractivity contribution in [2.24, 2.45) is 5.92 Å². The number of aromatic nitrogens is 1. The lowest BCUT2D eigenvalue weighted by molar-refractivity contribution is 0.00503. The first-order valence-corrected chi connectivity index (χ1v) is 7.46. The minimum Gasteiger partial charge on any atom is -0.388 e. The molecule has 1 aliphatic carbocycles. The minimum atomic E-state index is -0.559. The molecule has 0 amide bonds. The summed E-state index contributed by atoms with van der Waals surface area (Å²) < 4.78 is 0. The highest BCUT2D eigenvalue weighted by Crippen LogP contribution is 2.32. The van der Waals surface area contributed by atoms with Crippen LogP contribution >= 0.6 is 0 Å². The summed E-state index contributed by atoms with van der Waals surface area (Å²) in [6.07, 6.45) is 5.84. The van der Waals surface area contributed by atoms with E-state index in [0.29, 0.717) is 6.54 Å². The van der Waals surface area contributed by atoms with Crippen molar-refractivity contribution >= 4 is 16.6 Å². The maximum absolute atomic E-state index is 10.6. The summed E-state index contributed by atoms with van der Waals surface area (Å²) in [6, 6.07) is 10.1. The van der Waals surface area contributed by atoms with E-state index >= 15 is 0 Å². The average molecular weight is 270 g/mol. The van der Waals surface area contributed by atoms with E-state index in [9.17, 15) is 5.11 Å². The van der Waals surface area contributed by atoms with E-state index in [-0.39, 0.29) is 0 Å². The largest absolute Gasteiger partial charge is 0.388 e. The summed E-state index contributed by atoms with van der Waals surface area (Å²) in [5, 5.41) is 15.2. The Labute approximate surface area is 120 Å². The number of nitrogens with one attached hydrogen (secondary N) is 1. The first-order valence-electron chi connectivity index (χ1n) is 7.46. The van der Waals surface area contributed by atoms with Crippen LogP contribution in [0.25, 0.3) is 10.9 Å². The second-order valence-electron chi connectivity index (χ2n) is 6.14. The smallest absolute Gasteiger partial charge is 0.0819 e. The van der Waals surface area contributed by atoms with E-state index in [1.165, 1.54) is 0 Å². The SMILES string of the molecule is CC1CCC(O)(CNc2ccnc3ccccc23)CC1. The van der Waals surface area contributed by atoms with Crippen molar-refractivity contribution in [2.75, 3.05) is 11.9 Å². The summed E-state index contributed by atoms with van der Waals surface area (Å²) in [5.74, 6) is 0.747. The number of benzene rings is 1. The third-order valence-electron chi connectivity index (χ3n) is 4.46. The van der Waals surface area contributed by atoms with Crippen molar-refractivity contribution in [2.45, 2.75) is 38.2 Å². The Balaban J connectivity index is 1.74. The highest BCUT2D eigenvalue weighted by molar-refractivity contribution is 5.90. The van der Waals surface area contributed by atoms with Crippen LogP contribution < -0.4 is 5.32 Å². The van der Waals surface area contributed by atoms with Gasteiger partial charge in [0.15, 0.2) is 0 Å². The molecule has 3 rings (SSSR count). The van der Waals surface area contributed by atoms with Gasteiger partial charge >= 0.3 is 0 Å². The highest BCUT2D eigenvalue weighted by Gasteiger charge is 2.31. The summed E-state index contributed by atoms with van der Waals surface area (Å²) in [6.45, 7) is 2.89. The maximum atomic E-state index is 10.6. The molecule has 0 saturated heterocycles. The van der Waals surface area contributed by atoms with Crippen molar-refractivity contribution in [3.63, 3.8) is 0 Å². The molecule has 3 nitrogen and oxygen atoms in total. The number of para-hydroxylation sites is 1. The third-order valence-corrected chi connectivity index (χ3v) is 4.46. The zero-order valence-corrected chi connectivity index (χ0v) is 12.0. The van der Waals surface area contributed by atoms with Gasteiger partial charge in [0.1, 0.15) is 0 Å². The van der Waals surface area contributed by atoms with Crippen LogP contribution in [0, 0.1) is 5.92 Å². The molecule has 20 heavy (non-hydrogen) atoms. The van der Waals surface area contributed by atoms with Crippen molar-refractivity contribution in [1.29, 1.82) is 0 Å². The Morgan fingerprint density at radius 3 is 2.80 bits per heavy atom. The number of hydrogen-bond acceptors (Lipinski definition) is 3. The van der Waals surface area contributed by atoms with Gasteiger partial charge in [-0.3, -0.25) is 4.98 Å². The number of anilines is 1. The van der Waals surface area contributed by atoms with E-state index in [1.807, 2.05) is 30.5 Å². The number of aliphatic hydroxyl groups is 1. The van der Waals surface area contributed by atoms with Crippen LogP contribution in [-0.2, 0) is 0 Å². The molecule has 0 unspecified atom stereocenters. The molecule has 0 spiro atoms. The molecule has 1 aliphatic rings. The predicted molar refractivity (Wildman–Crippen MR) is 82.8 cm³/mol. The van der Waals surface area contributed by atoms with Crippen molar-refractivity contribution in [3.8, 4) is 0 Å². The molecular formula is C17H22N2O. The second-order valence-corrected chi connectivity index (χ2v) is 6.14. The molecule has 1 saturated carbocycles. The lowest BCUT2D eigenvalue weighted by Crippen LogP contribution is -2.40. The van der Waals surface area contributed by atoms with Crippen molar-refractivity contribution in [1.82, 2.24) is 4.98 Å². The lowest BCUT2D eigenvalue weighted by Gasteiger charge is -2.35. The molecule has 3 heteroatoms. The molecule has 106 valence electrons. The Hall–Kier alpha value is -1.61. The van der Waals surface area contributed by atoms with Crippen LogP contribution in [0.1, 0.15) is 32.6 Å². The summed E-state index contributed by atoms with van der Waals surface area (Å²) in [7, 11) is 0. The van der Waals surface area contributed by atoms with Crippen LogP contribution in [0.2, 0.25) is 0 Å². The third kappa shape index (κ3) is 2.78. The molecule has 1 aromatic carbocycles. The van der Waals surface area contributed by atoms with Crippen molar-refractivity contribution < 1.29 is 5.11 Å². The van der Waals surface area contributed by atoms with Gasteiger partial charge in [-0.25, -0.2) is 0 Å². The van der Waals surface area contributed by atoms with Crippen LogP contribution in [0.4, 0.5) is 5.69 Å². The van der Waals surface area contributed by atoms with Gasteiger partial charge < -0.3 is 10.4 Å². The highest BCUT2D eigenvalue weighted by atomic mass is 16.3. The molecule has 1 aromatic heterocycles. The predicted octanol–water partition coefficient (Wildman–Crippen LogP) is 3.59. The molecule has 2 aromatic rings. The molecule has 1 heterocycles. The Bertz CT molecular complexity index is 583. The molecule has 1 fully saturated rings. The van der Waals surface area contributed by atoms with E-state index in [4.69, 9.17) is 0 Å². The van der Waals surface area contributed by atoms with Gasteiger partial charge in [0.2, 0.25) is 0 Å². The van der Waals surface area contributed by atoms with Gasteiger partial charge in [0.25, 0.3) is 0 Å². The van der Waals surface area contributed by atoms with Gasteiger partial charge in [-0.15, -0.1) is 0 Å². The summed E-state index contributed by atoms with van der Waals surface area (Å²) in [4.78, 5) is 4.36. The zero-order chi connectivity index (χ0) is 14.0. The monoisotopic (exact) mass is 270 g/mol. The number of rotatable bonds is 3. The summed E-state index contributed by atoms with van der Waals surface area (Å²) >= 11 is 0. The van der Waals surface area contributed by atoms with Crippen LogP contribution in [-0.4, -0.2) is 22.2 Å². The fourth-order valence-electron chi connectivity index (χ4n) is 2.99. The van der Waals surface area contributed by atoms with Crippen LogP contribution in [0.5, 0.6) is 0 Å². The number of pyridine rings is 1. The van der Waals surface area contributed by atoms with Crippen molar-refractivity contribution in [3.05, 3.63) is 36.5 Å². The Morgan fingerprint density at radius 2 is 2.00 bits per heavy atom. The van der Waals surface area contributed by atoms with E-state index < -0.39 is 5.60 Å². The number of fused-ring (bicyclic) bond motifs is 1. The zero-order valence-electron chi connectivity index (χ0n) is 12.0. The van der Waals surface area contributed by atoms with Crippen LogP contribution in [0.3, 0.4) is 0 Å². The first kappa shape index (κ1) is 13.4. The Morgan fingerprint density at radius 1 is 1.25 bits per heavy atom. The van der Waals surface area contributed by atoms with Gasteiger partial charge in [0.05, 0.1) is 11.1 Å².